The number of aliphatic hydroxyl groups excluding tert-OH is 3. The van der Waals surface area contributed by atoms with E-state index in [1.807, 2.05) is 32.9 Å². The third-order valence-corrected chi connectivity index (χ3v) is 6.12. The fourth-order valence-electron chi connectivity index (χ4n) is 4.56. The highest BCUT2D eigenvalue weighted by Gasteiger charge is 2.31. The van der Waals surface area contributed by atoms with E-state index >= 15 is 0 Å². The lowest BCUT2D eigenvalue weighted by atomic mass is 9.91. The van der Waals surface area contributed by atoms with Crippen LogP contribution in [0.2, 0.25) is 0 Å². The Hall–Kier alpha value is -1.62. The Balaban J connectivity index is 1.43. The van der Waals surface area contributed by atoms with Gasteiger partial charge in [-0.2, -0.15) is 0 Å². The molecule has 0 aliphatic heterocycles. The summed E-state index contributed by atoms with van der Waals surface area (Å²) in [5.41, 5.74) is 4.56. The number of hydrogen-bond acceptors (Lipinski definition) is 8. The molecule has 0 heterocycles. The molecule has 0 fully saturated rings. The first-order valence-electron chi connectivity index (χ1n) is 12.2. The zero-order valence-electron chi connectivity index (χ0n) is 20.4. The number of benzene rings is 1. The smallest absolute Gasteiger partial charge is 0.214 e. The molecule has 3 rings (SSSR count). The molecule has 1 aromatic rings. The molecule has 6 N–H and O–H groups in total. The second-order valence-corrected chi connectivity index (χ2v) is 9.92. The molecule has 2 aliphatic carbocycles. The molecule has 2 aliphatic rings. The molecule has 34 heavy (non-hydrogen) atoms. The summed E-state index contributed by atoms with van der Waals surface area (Å²) in [6, 6.07) is 7.54. The molecule has 0 radical (unpaired) electrons. The molecule has 8 nitrogen and oxygen atoms in total. The van der Waals surface area contributed by atoms with E-state index in [0.717, 1.165) is 12.8 Å². The number of allylic oxidation sites excluding steroid dienone is 3. The molecule has 0 spiro atoms. The SMILES string of the molecule is CC(C)(C)OC(O)NCCCCC(NC(O)OCC1C2=C(C=CCC2)c2ccccc21)C(O)O. The Morgan fingerprint density at radius 2 is 1.82 bits per heavy atom. The lowest BCUT2D eigenvalue weighted by molar-refractivity contribution is -0.181. The van der Waals surface area contributed by atoms with Crippen molar-refractivity contribution in [1.82, 2.24) is 10.6 Å². The zero-order valence-corrected chi connectivity index (χ0v) is 20.4. The lowest BCUT2D eigenvalue weighted by Crippen LogP contribution is -2.47. The van der Waals surface area contributed by atoms with Crippen LogP contribution in [0, 0.1) is 0 Å². The van der Waals surface area contributed by atoms with Crippen LogP contribution in [0.5, 0.6) is 0 Å². The van der Waals surface area contributed by atoms with Gasteiger partial charge in [0.25, 0.3) is 0 Å². The summed E-state index contributed by atoms with van der Waals surface area (Å²) >= 11 is 0. The van der Waals surface area contributed by atoms with Crippen LogP contribution in [0.25, 0.3) is 5.57 Å². The van der Waals surface area contributed by atoms with Crippen molar-refractivity contribution in [2.24, 2.45) is 0 Å². The van der Waals surface area contributed by atoms with E-state index in [1.54, 1.807) is 0 Å². The first kappa shape index (κ1) is 27.0. The van der Waals surface area contributed by atoms with Crippen molar-refractivity contribution in [3.05, 3.63) is 53.1 Å². The number of unbranched alkanes of at least 4 members (excludes halogenated alkanes) is 1. The van der Waals surface area contributed by atoms with Gasteiger partial charge in [-0.1, -0.05) is 48.4 Å². The van der Waals surface area contributed by atoms with Crippen molar-refractivity contribution >= 4 is 5.57 Å². The van der Waals surface area contributed by atoms with Gasteiger partial charge in [0, 0.05) is 5.92 Å². The van der Waals surface area contributed by atoms with E-state index in [2.05, 4.69) is 34.9 Å². The van der Waals surface area contributed by atoms with E-state index in [4.69, 9.17) is 9.47 Å². The second-order valence-electron chi connectivity index (χ2n) is 9.92. The maximum atomic E-state index is 10.4. The number of ether oxygens (including phenoxy) is 2. The quantitative estimate of drug-likeness (QED) is 0.189. The summed E-state index contributed by atoms with van der Waals surface area (Å²) in [5, 5.41) is 45.3. The maximum absolute atomic E-state index is 10.4. The van der Waals surface area contributed by atoms with Crippen molar-refractivity contribution in [1.29, 1.82) is 0 Å². The fraction of sp³-hybridized carbons (Fsp3) is 0.615. The summed E-state index contributed by atoms with van der Waals surface area (Å²) in [7, 11) is 0. The average molecular weight is 477 g/mol. The minimum Gasteiger partial charge on any atom is -0.367 e. The van der Waals surface area contributed by atoms with E-state index in [9.17, 15) is 20.4 Å². The van der Waals surface area contributed by atoms with Crippen molar-refractivity contribution < 1.29 is 29.9 Å². The van der Waals surface area contributed by atoms with E-state index in [-0.39, 0.29) is 5.92 Å². The number of hydrogen-bond donors (Lipinski definition) is 6. The Kier molecular flexibility index (Phi) is 9.82. The Labute approximate surface area is 202 Å². The minimum atomic E-state index is -1.63. The number of rotatable bonds is 13. The molecular formula is C26H40N2O6. The molecule has 0 amide bonds. The maximum Gasteiger partial charge on any atom is 0.214 e. The summed E-state index contributed by atoms with van der Waals surface area (Å²) in [5.74, 6) is 0.0814. The first-order valence-corrected chi connectivity index (χ1v) is 12.2. The molecule has 0 saturated carbocycles. The van der Waals surface area contributed by atoms with Gasteiger partial charge in [-0.15, -0.1) is 0 Å². The van der Waals surface area contributed by atoms with Crippen molar-refractivity contribution in [2.75, 3.05) is 13.2 Å². The van der Waals surface area contributed by atoms with Gasteiger partial charge < -0.3 is 29.9 Å². The van der Waals surface area contributed by atoms with Gasteiger partial charge in [0.2, 0.25) is 12.8 Å². The number of aliphatic hydroxyl groups is 4. The molecule has 0 aromatic heterocycles. The fourth-order valence-corrected chi connectivity index (χ4v) is 4.56. The van der Waals surface area contributed by atoms with Gasteiger partial charge in [0.05, 0.1) is 18.2 Å². The molecule has 190 valence electrons. The predicted octanol–water partition coefficient (Wildman–Crippen LogP) is 2.30. The van der Waals surface area contributed by atoms with Crippen LogP contribution in [0.1, 0.15) is 69.9 Å². The summed E-state index contributed by atoms with van der Waals surface area (Å²) in [6.45, 7) is 6.40. The molecule has 8 heteroatoms. The Morgan fingerprint density at radius 1 is 1.06 bits per heavy atom. The van der Waals surface area contributed by atoms with Gasteiger partial charge in [-0.3, -0.25) is 10.6 Å². The highest BCUT2D eigenvalue weighted by Crippen LogP contribution is 2.46. The largest absolute Gasteiger partial charge is 0.367 e. The highest BCUT2D eigenvalue weighted by molar-refractivity contribution is 5.85. The lowest BCUT2D eigenvalue weighted by Gasteiger charge is -2.26. The predicted molar refractivity (Wildman–Crippen MR) is 130 cm³/mol. The van der Waals surface area contributed by atoms with Gasteiger partial charge in [0.1, 0.15) is 0 Å². The monoisotopic (exact) mass is 476 g/mol. The third kappa shape index (κ3) is 7.69. The van der Waals surface area contributed by atoms with E-state index < -0.39 is 30.8 Å². The van der Waals surface area contributed by atoms with Crippen LogP contribution in [-0.4, -0.2) is 64.3 Å². The Bertz CT molecular complexity index is 848. The van der Waals surface area contributed by atoms with Crippen molar-refractivity contribution in [2.45, 2.75) is 89.6 Å². The van der Waals surface area contributed by atoms with Crippen LogP contribution in [0.3, 0.4) is 0 Å². The summed E-state index contributed by atoms with van der Waals surface area (Å²) in [6.07, 6.45) is 4.09. The Morgan fingerprint density at radius 3 is 2.56 bits per heavy atom. The normalized spacial score (nSPS) is 20.4. The van der Waals surface area contributed by atoms with Crippen molar-refractivity contribution in [3.8, 4) is 0 Å². The summed E-state index contributed by atoms with van der Waals surface area (Å²) in [4.78, 5) is 0. The summed E-state index contributed by atoms with van der Waals surface area (Å²) < 4.78 is 11.1. The number of nitrogens with one attached hydrogen (secondary N) is 2. The molecule has 1 aromatic carbocycles. The van der Waals surface area contributed by atoms with Crippen LogP contribution >= 0.6 is 0 Å². The van der Waals surface area contributed by atoms with Gasteiger partial charge in [-0.25, -0.2) is 0 Å². The van der Waals surface area contributed by atoms with Crippen LogP contribution in [-0.2, 0) is 9.47 Å². The standard InChI is InChI=1S/C26H40N2O6/c1-26(2,3)34-24(31)27-15-9-8-14-22(23(29)30)28-25(32)33-16-21-19-12-6-4-10-17(19)18-11-5-7-13-20(18)21/h4-6,10-12,21-25,27-32H,7-9,13-16H2,1-3H3. The molecule has 0 saturated heterocycles. The van der Waals surface area contributed by atoms with Gasteiger partial charge >= 0.3 is 0 Å². The average Bonchev–Trinajstić information content (AvgIpc) is 3.09. The van der Waals surface area contributed by atoms with E-state index in [0.29, 0.717) is 32.4 Å². The zero-order chi connectivity index (χ0) is 24.7. The minimum absolute atomic E-state index is 0.0814. The van der Waals surface area contributed by atoms with Gasteiger partial charge in [-0.05, 0) is 69.7 Å². The van der Waals surface area contributed by atoms with Crippen LogP contribution in [0.4, 0.5) is 0 Å². The van der Waals surface area contributed by atoms with Crippen LogP contribution in [0.15, 0.2) is 42.0 Å². The third-order valence-electron chi connectivity index (χ3n) is 6.12. The molecule has 0 bridgehead atoms. The highest BCUT2D eigenvalue weighted by atomic mass is 16.6. The van der Waals surface area contributed by atoms with Crippen LogP contribution < -0.4 is 10.6 Å². The molecule has 4 atom stereocenters. The molecular weight excluding hydrogens is 436 g/mol. The second kappa shape index (κ2) is 12.4. The number of fused-ring (bicyclic) bond motifs is 2. The van der Waals surface area contributed by atoms with E-state index in [1.165, 1.54) is 22.3 Å². The molecule has 4 unspecified atom stereocenters. The first-order chi connectivity index (χ1) is 16.2. The van der Waals surface area contributed by atoms with Crippen molar-refractivity contribution in [3.63, 3.8) is 0 Å². The van der Waals surface area contributed by atoms with Gasteiger partial charge in [0.15, 0.2) is 6.29 Å². The topological polar surface area (TPSA) is 123 Å².